The summed E-state index contributed by atoms with van der Waals surface area (Å²) in [7, 11) is 0. The number of halogens is 2. The van der Waals surface area contributed by atoms with Crippen LogP contribution >= 0.6 is 23.2 Å². The average molecular weight is 401 g/mol. The molecule has 6 nitrogen and oxygen atoms in total. The number of hydrogen-bond donors (Lipinski definition) is 2. The molecule has 2 amide bonds. The van der Waals surface area contributed by atoms with E-state index in [1.54, 1.807) is 24.3 Å². The second-order valence-electron chi connectivity index (χ2n) is 6.11. The van der Waals surface area contributed by atoms with E-state index in [2.05, 4.69) is 15.7 Å². The summed E-state index contributed by atoms with van der Waals surface area (Å²) in [5.41, 5.74) is 2.00. The van der Waals surface area contributed by atoms with Crippen LogP contribution in [0.2, 0.25) is 10.0 Å². The van der Waals surface area contributed by atoms with Gasteiger partial charge in [0.15, 0.2) is 0 Å². The van der Waals surface area contributed by atoms with Crippen molar-refractivity contribution in [1.82, 2.24) is 9.78 Å². The van der Waals surface area contributed by atoms with Gasteiger partial charge in [0.05, 0.1) is 22.8 Å². The normalized spacial score (nSPS) is 15.8. The summed E-state index contributed by atoms with van der Waals surface area (Å²) in [4.78, 5) is 24.9. The zero-order valence-corrected chi connectivity index (χ0v) is 15.5. The number of anilines is 2. The average Bonchev–Trinajstić information content (AvgIpc) is 3.08. The monoisotopic (exact) mass is 400 g/mol. The predicted octanol–water partition coefficient (Wildman–Crippen LogP) is 4.38. The standard InChI is InChI=1S/C19H14Cl2N4O2/c20-12-6-7-14(13(21)8-12)22-19(27)16-10-18(26)23-17-9-15(24-25(16)17)11-4-2-1-3-5-11/h1-9,16H,10H2,(H,22,27)(H,23,26)/t16-/m1/s1. The molecule has 1 aliphatic rings. The van der Waals surface area contributed by atoms with Crippen LogP contribution in [0.1, 0.15) is 12.5 Å². The number of nitrogens with one attached hydrogen (secondary N) is 2. The molecule has 0 fully saturated rings. The van der Waals surface area contributed by atoms with Crippen LogP contribution in [0.4, 0.5) is 11.5 Å². The number of carbonyl (C=O) groups excluding carboxylic acids is 2. The van der Waals surface area contributed by atoms with Crippen molar-refractivity contribution in [2.24, 2.45) is 0 Å². The van der Waals surface area contributed by atoms with Crippen molar-refractivity contribution in [3.63, 3.8) is 0 Å². The van der Waals surface area contributed by atoms with Crippen LogP contribution < -0.4 is 10.6 Å². The Morgan fingerprint density at radius 2 is 1.93 bits per heavy atom. The third-order valence-electron chi connectivity index (χ3n) is 4.24. The number of aromatic nitrogens is 2. The zero-order valence-electron chi connectivity index (χ0n) is 13.9. The van der Waals surface area contributed by atoms with Gasteiger partial charge in [-0.25, -0.2) is 4.68 Å². The maximum absolute atomic E-state index is 12.8. The first-order valence-electron chi connectivity index (χ1n) is 8.22. The largest absolute Gasteiger partial charge is 0.323 e. The van der Waals surface area contributed by atoms with E-state index in [0.29, 0.717) is 27.2 Å². The van der Waals surface area contributed by atoms with E-state index in [1.165, 1.54) is 4.68 Å². The molecule has 0 saturated heterocycles. The molecule has 4 rings (SSSR count). The summed E-state index contributed by atoms with van der Waals surface area (Å²) < 4.78 is 1.53. The minimum Gasteiger partial charge on any atom is -0.323 e. The van der Waals surface area contributed by atoms with E-state index in [4.69, 9.17) is 23.2 Å². The van der Waals surface area contributed by atoms with Crippen molar-refractivity contribution in [1.29, 1.82) is 0 Å². The number of rotatable bonds is 3. The fraction of sp³-hybridized carbons (Fsp3) is 0.105. The van der Waals surface area contributed by atoms with Crippen molar-refractivity contribution in [3.8, 4) is 11.3 Å². The first-order valence-corrected chi connectivity index (χ1v) is 8.97. The van der Waals surface area contributed by atoms with Crippen molar-refractivity contribution in [2.75, 3.05) is 10.6 Å². The lowest BCUT2D eigenvalue weighted by atomic mass is 10.1. The van der Waals surface area contributed by atoms with Crippen molar-refractivity contribution in [3.05, 3.63) is 64.6 Å². The Bertz CT molecular complexity index is 1030. The van der Waals surface area contributed by atoms with Crippen LogP contribution in [0.15, 0.2) is 54.6 Å². The second kappa shape index (κ2) is 7.06. The summed E-state index contributed by atoms with van der Waals surface area (Å²) in [6.45, 7) is 0. The summed E-state index contributed by atoms with van der Waals surface area (Å²) in [6.07, 6.45) is -0.0139. The van der Waals surface area contributed by atoms with Gasteiger partial charge in [-0.15, -0.1) is 0 Å². The maximum atomic E-state index is 12.8. The van der Waals surface area contributed by atoms with Gasteiger partial charge in [-0.3, -0.25) is 9.59 Å². The molecule has 136 valence electrons. The van der Waals surface area contributed by atoms with E-state index >= 15 is 0 Å². The molecule has 0 unspecified atom stereocenters. The van der Waals surface area contributed by atoms with E-state index in [1.807, 2.05) is 30.3 Å². The molecule has 8 heteroatoms. The van der Waals surface area contributed by atoms with E-state index in [9.17, 15) is 9.59 Å². The molecule has 1 atom stereocenters. The van der Waals surface area contributed by atoms with Gasteiger partial charge in [-0.05, 0) is 18.2 Å². The fourth-order valence-electron chi connectivity index (χ4n) is 2.94. The van der Waals surface area contributed by atoms with Gasteiger partial charge >= 0.3 is 0 Å². The second-order valence-corrected chi connectivity index (χ2v) is 6.95. The summed E-state index contributed by atoms with van der Waals surface area (Å²) >= 11 is 12.0. The van der Waals surface area contributed by atoms with Gasteiger partial charge in [0, 0.05) is 16.7 Å². The Kier molecular flexibility index (Phi) is 4.59. The van der Waals surface area contributed by atoms with Crippen molar-refractivity contribution in [2.45, 2.75) is 12.5 Å². The minimum atomic E-state index is -0.780. The van der Waals surface area contributed by atoms with Gasteiger partial charge in [-0.2, -0.15) is 5.10 Å². The van der Waals surface area contributed by atoms with Crippen LogP contribution in [0, 0.1) is 0 Å². The number of hydrogen-bond acceptors (Lipinski definition) is 3. The zero-order chi connectivity index (χ0) is 19.0. The topological polar surface area (TPSA) is 76.0 Å². The van der Waals surface area contributed by atoms with Gasteiger partial charge in [0.2, 0.25) is 11.8 Å². The minimum absolute atomic E-state index is 0.0139. The van der Waals surface area contributed by atoms with Gasteiger partial charge in [0.1, 0.15) is 11.9 Å². The highest BCUT2D eigenvalue weighted by atomic mass is 35.5. The summed E-state index contributed by atoms with van der Waals surface area (Å²) in [5.74, 6) is -0.144. The molecule has 2 aromatic carbocycles. The smallest absolute Gasteiger partial charge is 0.249 e. The van der Waals surface area contributed by atoms with Crippen LogP contribution in [0.5, 0.6) is 0 Å². The lowest BCUT2D eigenvalue weighted by Crippen LogP contribution is -2.35. The molecule has 1 aliphatic heterocycles. The van der Waals surface area contributed by atoms with Crippen LogP contribution in [-0.2, 0) is 9.59 Å². The molecule has 3 aromatic rings. The molecule has 2 heterocycles. The summed E-state index contributed by atoms with van der Waals surface area (Å²) in [6, 6.07) is 15.3. The Labute approximate surface area is 165 Å². The van der Waals surface area contributed by atoms with E-state index in [0.717, 1.165) is 5.56 Å². The Morgan fingerprint density at radius 3 is 2.67 bits per heavy atom. The number of nitrogens with zero attached hydrogens (tertiary/aromatic N) is 2. The van der Waals surface area contributed by atoms with Gasteiger partial charge < -0.3 is 10.6 Å². The SMILES string of the molecule is O=C1C[C@H](C(=O)Nc2ccc(Cl)cc2Cl)n2nc(-c3ccccc3)cc2N1. The Hall–Kier alpha value is -2.83. The highest BCUT2D eigenvalue weighted by molar-refractivity contribution is 6.36. The van der Waals surface area contributed by atoms with Gasteiger partial charge in [0.25, 0.3) is 0 Å². The van der Waals surface area contributed by atoms with E-state index < -0.39 is 6.04 Å². The molecule has 0 bridgehead atoms. The number of benzene rings is 2. The molecule has 0 aliphatic carbocycles. The van der Waals surface area contributed by atoms with E-state index in [-0.39, 0.29) is 18.2 Å². The molecular weight excluding hydrogens is 387 g/mol. The first-order chi connectivity index (χ1) is 13.0. The lowest BCUT2D eigenvalue weighted by Gasteiger charge is -2.23. The molecule has 1 aromatic heterocycles. The van der Waals surface area contributed by atoms with Crippen LogP contribution in [0.3, 0.4) is 0 Å². The Balaban J connectivity index is 1.65. The number of amides is 2. The molecular formula is C19H14Cl2N4O2. The first kappa shape index (κ1) is 17.6. The summed E-state index contributed by atoms with van der Waals surface area (Å²) in [5, 5.41) is 10.8. The number of carbonyl (C=O) groups is 2. The lowest BCUT2D eigenvalue weighted by molar-refractivity contribution is -0.125. The third kappa shape index (κ3) is 3.54. The Morgan fingerprint density at radius 1 is 1.15 bits per heavy atom. The highest BCUT2D eigenvalue weighted by Crippen LogP contribution is 2.31. The molecule has 2 N–H and O–H groups in total. The molecule has 0 saturated carbocycles. The third-order valence-corrected chi connectivity index (χ3v) is 4.79. The quantitative estimate of drug-likeness (QED) is 0.684. The maximum Gasteiger partial charge on any atom is 0.249 e. The van der Waals surface area contributed by atoms with Crippen LogP contribution in [-0.4, -0.2) is 21.6 Å². The van der Waals surface area contributed by atoms with Crippen LogP contribution in [0.25, 0.3) is 11.3 Å². The van der Waals surface area contributed by atoms with Crippen molar-refractivity contribution < 1.29 is 9.59 Å². The number of fused-ring (bicyclic) bond motifs is 1. The van der Waals surface area contributed by atoms with Crippen molar-refractivity contribution >= 4 is 46.5 Å². The van der Waals surface area contributed by atoms with Gasteiger partial charge in [-0.1, -0.05) is 53.5 Å². The highest BCUT2D eigenvalue weighted by Gasteiger charge is 2.32. The molecule has 27 heavy (non-hydrogen) atoms. The molecule has 0 spiro atoms. The predicted molar refractivity (Wildman–Crippen MR) is 105 cm³/mol. The molecule has 0 radical (unpaired) electrons. The fourth-order valence-corrected chi connectivity index (χ4v) is 3.40.